The summed E-state index contributed by atoms with van der Waals surface area (Å²) >= 11 is 6.02. The van der Waals surface area contributed by atoms with Crippen LogP contribution >= 0.6 is 11.6 Å². The molecule has 0 radical (unpaired) electrons. The molecule has 2 N–H and O–H groups in total. The first-order valence-corrected chi connectivity index (χ1v) is 8.61. The van der Waals surface area contributed by atoms with Crippen LogP contribution in [-0.2, 0) is 0 Å². The van der Waals surface area contributed by atoms with E-state index < -0.39 is 0 Å². The molecule has 3 rings (SSSR count). The van der Waals surface area contributed by atoms with Gasteiger partial charge in [0.1, 0.15) is 0 Å². The average molecular weight is 372 g/mol. The molecule has 0 unspecified atom stereocenters. The number of imide groups is 1. The van der Waals surface area contributed by atoms with Crippen LogP contribution in [0, 0.1) is 6.92 Å². The number of carbonyl (C=O) groups excluding carboxylic acids is 3. The van der Waals surface area contributed by atoms with Crippen LogP contribution in [0.2, 0.25) is 5.02 Å². The van der Waals surface area contributed by atoms with Crippen LogP contribution < -0.4 is 10.6 Å². The van der Waals surface area contributed by atoms with Crippen LogP contribution in [0.1, 0.15) is 32.7 Å². The molecule has 0 bridgehead atoms. The second kappa shape index (κ2) is 7.58. The van der Waals surface area contributed by atoms with Crippen molar-refractivity contribution in [2.75, 3.05) is 18.4 Å². The fourth-order valence-electron chi connectivity index (χ4n) is 2.73. The Balaban J connectivity index is 1.46. The van der Waals surface area contributed by atoms with E-state index in [-0.39, 0.29) is 24.4 Å². The molecule has 1 heterocycles. The summed E-state index contributed by atoms with van der Waals surface area (Å²) in [5.74, 6) is -0.575. The lowest BCUT2D eigenvalue weighted by Crippen LogP contribution is -2.35. The molecular formula is C19H18ClN3O3. The van der Waals surface area contributed by atoms with Gasteiger partial charge in [-0.1, -0.05) is 29.8 Å². The molecule has 134 valence electrons. The van der Waals surface area contributed by atoms with Crippen molar-refractivity contribution in [3.63, 3.8) is 0 Å². The van der Waals surface area contributed by atoms with E-state index in [1.54, 1.807) is 36.4 Å². The van der Waals surface area contributed by atoms with Gasteiger partial charge in [0.15, 0.2) is 0 Å². The third kappa shape index (κ3) is 3.70. The number of halogens is 1. The van der Waals surface area contributed by atoms with E-state index >= 15 is 0 Å². The van der Waals surface area contributed by atoms with Crippen molar-refractivity contribution >= 4 is 35.1 Å². The zero-order valence-electron chi connectivity index (χ0n) is 14.2. The minimum Gasteiger partial charge on any atom is -0.338 e. The van der Waals surface area contributed by atoms with Gasteiger partial charge in [0.25, 0.3) is 11.8 Å². The number of aryl methyl sites for hydroxylation is 1. The number of urea groups is 1. The monoisotopic (exact) mass is 371 g/mol. The zero-order chi connectivity index (χ0) is 18.7. The van der Waals surface area contributed by atoms with Gasteiger partial charge in [0.2, 0.25) is 0 Å². The van der Waals surface area contributed by atoms with Crippen LogP contribution in [0.4, 0.5) is 10.5 Å². The Morgan fingerprint density at radius 3 is 2.35 bits per heavy atom. The molecule has 0 aromatic heterocycles. The average Bonchev–Trinajstić information content (AvgIpc) is 2.87. The highest BCUT2D eigenvalue weighted by Gasteiger charge is 2.34. The van der Waals surface area contributed by atoms with Crippen molar-refractivity contribution in [3.05, 3.63) is 64.2 Å². The summed E-state index contributed by atoms with van der Waals surface area (Å²) in [6.45, 7) is 2.47. The summed E-state index contributed by atoms with van der Waals surface area (Å²) in [6.07, 6.45) is 0.466. The summed E-state index contributed by atoms with van der Waals surface area (Å²) in [4.78, 5) is 37.6. The number of benzene rings is 2. The molecule has 26 heavy (non-hydrogen) atoms. The largest absolute Gasteiger partial charge is 0.338 e. The quantitative estimate of drug-likeness (QED) is 0.624. The molecule has 0 saturated carbocycles. The molecule has 6 nitrogen and oxygen atoms in total. The van der Waals surface area contributed by atoms with Gasteiger partial charge in [-0.25, -0.2) is 4.79 Å². The summed E-state index contributed by atoms with van der Waals surface area (Å²) < 4.78 is 0. The normalized spacial score (nSPS) is 12.9. The molecular weight excluding hydrogens is 354 g/mol. The predicted molar refractivity (Wildman–Crippen MR) is 99.6 cm³/mol. The molecule has 0 fully saturated rings. The highest BCUT2D eigenvalue weighted by Crippen LogP contribution is 2.22. The summed E-state index contributed by atoms with van der Waals surface area (Å²) in [5.41, 5.74) is 2.39. The fourth-order valence-corrected chi connectivity index (χ4v) is 2.91. The Kier molecular flexibility index (Phi) is 5.23. The molecule has 7 heteroatoms. The molecule has 0 aliphatic carbocycles. The molecule has 0 spiro atoms. The van der Waals surface area contributed by atoms with E-state index in [0.29, 0.717) is 34.8 Å². The van der Waals surface area contributed by atoms with E-state index in [1.165, 1.54) is 4.90 Å². The first kappa shape index (κ1) is 17.9. The van der Waals surface area contributed by atoms with Crippen LogP contribution in [0.25, 0.3) is 0 Å². The van der Waals surface area contributed by atoms with Crippen LogP contribution in [0.5, 0.6) is 0 Å². The molecule has 1 aliphatic rings. The maximum Gasteiger partial charge on any atom is 0.319 e. The van der Waals surface area contributed by atoms with Gasteiger partial charge in [-0.3, -0.25) is 14.5 Å². The highest BCUT2D eigenvalue weighted by atomic mass is 35.5. The first-order chi connectivity index (χ1) is 12.5. The van der Waals surface area contributed by atoms with Crippen molar-refractivity contribution in [1.82, 2.24) is 10.2 Å². The van der Waals surface area contributed by atoms with Gasteiger partial charge in [-0.05, 0) is 43.2 Å². The van der Waals surface area contributed by atoms with Gasteiger partial charge in [-0.15, -0.1) is 0 Å². The predicted octanol–water partition coefficient (Wildman–Crippen LogP) is 3.46. The Bertz CT molecular complexity index is 847. The number of anilines is 1. The van der Waals surface area contributed by atoms with E-state index in [2.05, 4.69) is 10.6 Å². The first-order valence-electron chi connectivity index (χ1n) is 8.23. The summed E-state index contributed by atoms with van der Waals surface area (Å²) in [6, 6.07) is 11.7. The highest BCUT2D eigenvalue weighted by molar-refractivity contribution is 6.31. The Morgan fingerprint density at radius 2 is 1.73 bits per heavy atom. The van der Waals surface area contributed by atoms with Crippen LogP contribution in [-0.4, -0.2) is 35.8 Å². The summed E-state index contributed by atoms with van der Waals surface area (Å²) in [7, 11) is 0. The van der Waals surface area contributed by atoms with E-state index in [4.69, 9.17) is 11.6 Å². The second-order valence-electron chi connectivity index (χ2n) is 6.01. The van der Waals surface area contributed by atoms with Crippen molar-refractivity contribution in [3.8, 4) is 0 Å². The van der Waals surface area contributed by atoms with Crippen molar-refractivity contribution in [2.45, 2.75) is 13.3 Å². The summed E-state index contributed by atoms with van der Waals surface area (Å²) in [5, 5.41) is 5.96. The molecule has 0 saturated heterocycles. The number of hydrogen-bond donors (Lipinski definition) is 2. The van der Waals surface area contributed by atoms with Gasteiger partial charge in [0.05, 0.1) is 11.1 Å². The standard InChI is InChI=1S/C19H18ClN3O3/c1-12-7-8-13(11-16(12)20)22-19(26)21-9-4-10-23-17(24)14-5-2-3-6-15(14)18(23)25/h2-3,5-8,11H,4,9-10H2,1H3,(H2,21,22,26). The number of nitrogens with one attached hydrogen (secondary N) is 2. The maximum absolute atomic E-state index is 12.2. The lowest BCUT2D eigenvalue weighted by atomic mass is 10.1. The maximum atomic E-state index is 12.2. The molecule has 2 aromatic carbocycles. The molecule has 1 aliphatic heterocycles. The van der Waals surface area contributed by atoms with E-state index in [0.717, 1.165) is 5.56 Å². The number of fused-ring (bicyclic) bond motifs is 1. The molecule has 0 atom stereocenters. The SMILES string of the molecule is Cc1ccc(NC(=O)NCCCN2C(=O)c3ccccc3C2=O)cc1Cl. The number of carbonyl (C=O) groups is 3. The van der Waals surface area contributed by atoms with Crippen molar-refractivity contribution in [1.29, 1.82) is 0 Å². The number of amides is 4. The number of hydrogen-bond acceptors (Lipinski definition) is 3. The Labute approximate surface area is 156 Å². The van der Waals surface area contributed by atoms with Gasteiger partial charge < -0.3 is 10.6 Å². The Hall–Kier alpha value is -2.86. The third-order valence-electron chi connectivity index (χ3n) is 4.15. The van der Waals surface area contributed by atoms with Gasteiger partial charge in [0, 0.05) is 23.8 Å². The van der Waals surface area contributed by atoms with Crippen LogP contribution in [0.3, 0.4) is 0 Å². The third-order valence-corrected chi connectivity index (χ3v) is 4.56. The van der Waals surface area contributed by atoms with E-state index in [9.17, 15) is 14.4 Å². The lowest BCUT2D eigenvalue weighted by molar-refractivity contribution is 0.0653. The lowest BCUT2D eigenvalue weighted by Gasteiger charge is -2.14. The van der Waals surface area contributed by atoms with Crippen molar-refractivity contribution < 1.29 is 14.4 Å². The Morgan fingerprint density at radius 1 is 1.08 bits per heavy atom. The van der Waals surface area contributed by atoms with Gasteiger partial charge >= 0.3 is 6.03 Å². The minimum atomic E-state index is -0.368. The smallest absolute Gasteiger partial charge is 0.319 e. The topological polar surface area (TPSA) is 78.5 Å². The van der Waals surface area contributed by atoms with Crippen molar-refractivity contribution in [2.24, 2.45) is 0 Å². The number of nitrogens with zero attached hydrogens (tertiary/aromatic N) is 1. The van der Waals surface area contributed by atoms with Gasteiger partial charge in [-0.2, -0.15) is 0 Å². The number of rotatable bonds is 5. The second-order valence-corrected chi connectivity index (χ2v) is 6.41. The fraction of sp³-hybridized carbons (Fsp3) is 0.211. The van der Waals surface area contributed by atoms with Crippen LogP contribution in [0.15, 0.2) is 42.5 Å². The molecule has 4 amide bonds. The van der Waals surface area contributed by atoms with E-state index in [1.807, 2.05) is 13.0 Å². The minimum absolute atomic E-state index is 0.253. The molecule has 2 aromatic rings. The zero-order valence-corrected chi connectivity index (χ0v) is 15.0.